The summed E-state index contributed by atoms with van der Waals surface area (Å²) in [6.45, 7) is 3.14. The molecule has 0 saturated carbocycles. The number of nitrogens with zero attached hydrogens (tertiary/aromatic N) is 3. The highest BCUT2D eigenvalue weighted by Crippen LogP contribution is 2.25. The molecule has 0 radical (unpaired) electrons. The van der Waals surface area contributed by atoms with Crippen LogP contribution in [0.3, 0.4) is 0 Å². The SMILES string of the molecule is CCCOc1ccc(-c2nn(-c3ccccc3)cc2/C=N\NC(=O)c2ccc(OCc3ccc(Cl)cc3)cc2)cc1. The Kier molecular flexibility index (Phi) is 9.08. The minimum absolute atomic E-state index is 0.333. The Balaban J connectivity index is 1.27. The van der Waals surface area contributed by atoms with Gasteiger partial charge in [-0.2, -0.15) is 10.2 Å². The van der Waals surface area contributed by atoms with Crippen LogP contribution in [0.25, 0.3) is 16.9 Å². The van der Waals surface area contributed by atoms with Crippen molar-refractivity contribution in [2.24, 2.45) is 5.10 Å². The van der Waals surface area contributed by atoms with E-state index in [9.17, 15) is 4.79 Å². The predicted molar refractivity (Wildman–Crippen MR) is 162 cm³/mol. The zero-order chi connectivity index (χ0) is 28.4. The fourth-order valence-corrected chi connectivity index (χ4v) is 4.15. The van der Waals surface area contributed by atoms with Crippen LogP contribution in [0.1, 0.15) is 34.8 Å². The molecule has 0 atom stereocenters. The lowest BCUT2D eigenvalue weighted by Crippen LogP contribution is -2.17. The number of nitrogens with one attached hydrogen (secondary N) is 1. The molecular weight excluding hydrogens is 536 g/mol. The van der Waals surface area contributed by atoms with Crippen LogP contribution < -0.4 is 14.9 Å². The first-order valence-electron chi connectivity index (χ1n) is 13.3. The average Bonchev–Trinajstić information content (AvgIpc) is 3.45. The third kappa shape index (κ3) is 7.41. The molecule has 1 heterocycles. The summed E-state index contributed by atoms with van der Waals surface area (Å²) in [5.74, 6) is 1.13. The molecule has 0 unspecified atom stereocenters. The lowest BCUT2D eigenvalue weighted by molar-refractivity contribution is 0.0955. The number of ether oxygens (including phenoxy) is 2. The highest BCUT2D eigenvalue weighted by atomic mass is 35.5. The number of rotatable bonds is 11. The summed E-state index contributed by atoms with van der Waals surface area (Å²) in [4.78, 5) is 12.7. The lowest BCUT2D eigenvalue weighted by atomic mass is 10.1. The van der Waals surface area contributed by atoms with Crippen LogP contribution in [0.4, 0.5) is 0 Å². The zero-order valence-electron chi connectivity index (χ0n) is 22.5. The van der Waals surface area contributed by atoms with E-state index in [0.717, 1.165) is 40.2 Å². The highest BCUT2D eigenvalue weighted by molar-refractivity contribution is 6.30. The molecule has 1 aromatic heterocycles. The number of halogens is 1. The van der Waals surface area contributed by atoms with Crippen molar-refractivity contribution in [2.75, 3.05) is 6.61 Å². The Morgan fingerprint density at radius 3 is 2.29 bits per heavy atom. The van der Waals surface area contributed by atoms with Gasteiger partial charge < -0.3 is 9.47 Å². The molecule has 1 N–H and O–H groups in total. The van der Waals surface area contributed by atoms with Crippen molar-refractivity contribution in [1.29, 1.82) is 0 Å². The number of carbonyl (C=O) groups is 1. The molecule has 0 aliphatic carbocycles. The van der Waals surface area contributed by atoms with E-state index in [2.05, 4.69) is 17.5 Å². The second-order valence-electron chi connectivity index (χ2n) is 9.22. The minimum atomic E-state index is -0.333. The Bertz CT molecular complexity index is 1600. The van der Waals surface area contributed by atoms with Gasteiger partial charge in [0.25, 0.3) is 5.91 Å². The summed E-state index contributed by atoms with van der Waals surface area (Å²) < 4.78 is 13.3. The van der Waals surface area contributed by atoms with Crippen LogP contribution in [-0.4, -0.2) is 28.5 Å². The smallest absolute Gasteiger partial charge is 0.271 e. The van der Waals surface area contributed by atoms with E-state index in [1.165, 1.54) is 0 Å². The molecule has 206 valence electrons. The first-order chi connectivity index (χ1) is 20.1. The van der Waals surface area contributed by atoms with Gasteiger partial charge in [0.15, 0.2) is 0 Å². The van der Waals surface area contributed by atoms with Gasteiger partial charge in [-0.15, -0.1) is 0 Å². The molecule has 0 aliphatic heterocycles. The number of hydrazone groups is 1. The molecule has 5 rings (SSSR count). The van der Waals surface area contributed by atoms with Crippen molar-refractivity contribution in [1.82, 2.24) is 15.2 Å². The summed E-state index contributed by atoms with van der Waals surface area (Å²) in [6.07, 6.45) is 4.43. The first kappa shape index (κ1) is 27.7. The maximum Gasteiger partial charge on any atom is 0.271 e. The van der Waals surface area contributed by atoms with Gasteiger partial charge in [-0.3, -0.25) is 4.79 Å². The molecule has 0 bridgehead atoms. The van der Waals surface area contributed by atoms with E-state index < -0.39 is 0 Å². The quantitative estimate of drug-likeness (QED) is 0.135. The predicted octanol–water partition coefficient (Wildman–Crippen LogP) is 7.32. The molecule has 0 saturated heterocycles. The number of para-hydroxylation sites is 1. The standard InChI is InChI=1S/C33H29ClN4O3/c1-2-20-40-30-16-10-25(11-17-30)32-27(22-38(37-32)29-6-4-3-5-7-29)21-35-36-33(39)26-12-18-31(19-13-26)41-23-24-8-14-28(34)15-9-24/h3-19,21-22H,2,20,23H2,1H3,(H,36,39)/b35-21-. The van der Waals surface area contributed by atoms with E-state index in [1.54, 1.807) is 35.2 Å². The summed E-state index contributed by atoms with van der Waals surface area (Å²) in [7, 11) is 0. The van der Waals surface area contributed by atoms with Gasteiger partial charge in [-0.1, -0.05) is 48.9 Å². The van der Waals surface area contributed by atoms with Gasteiger partial charge in [0.2, 0.25) is 0 Å². The molecule has 7 nitrogen and oxygen atoms in total. The van der Waals surface area contributed by atoms with Crippen molar-refractivity contribution >= 4 is 23.7 Å². The normalized spacial score (nSPS) is 11.0. The number of hydrogen-bond donors (Lipinski definition) is 1. The van der Waals surface area contributed by atoms with E-state index in [-0.39, 0.29) is 5.91 Å². The van der Waals surface area contributed by atoms with Crippen LogP contribution in [0, 0.1) is 0 Å². The highest BCUT2D eigenvalue weighted by Gasteiger charge is 2.12. The number of carbonyl (C=O) groups excluding carboxylic acids is 1. The molecular formula is C33H29ClN4O3. The number of benzene rings is 4. The van der Waals surface area contributed by atoms with E-state index in [4.69, 9.17) is 26.2 Å². The number of hydrogen-bond acceptors (Lipinski definition) is 5. The maximum atomic E-state index is 12.7. The molecule has 41 heavy (non-hydrogen) atoms. The Morgan fingerprint density at radius 2 is 1.59 bits per heavy atom. The molecule has 0 spiro atoms. The molecule has 4 aromatic carbocycles. The lowest BCUT2D eigenvalue weighted by Gasteiger charge is -2.07. The number of amides is 1. The summed E-state index contributed by atoms with van der Waals surface area (Å²) in [5.41, 5.74) is 7.38. The van der Waals surface area contributed by atoms with Crippen LogP contribution in [0.2, 0.25) is 5.02 Å². The monoisotopic (exact) mass is 564 g/mol. The summed E-state index contributed by atoms with van der Waals surface area (Å²) in [5, 5.41) is 9.71. The second-order valence-corrected chi connectivity index (χ2v) is 9.66. The Morgan fingerprint density at radius 1 is 0.902 bits per heavy atom. The van der Waals surface area contributed by atoms with Crippen LogP contribution in [0.15, 0.2) is 114 Å². The summed E-state index contributed by atoms with van der Waals surface area (Å²) >= 11 is 5.93. The van der Waals surface area contributed by atoms with Gasteiger partial charge in [-0.25, -0.2) is 10.1 Å². The Hall–Kier alpha value is -4.88. The molecule has 5 aromatic rings. The van der Waals surface area contributed by atoms with Crippen LogP contribution in [-0.2, 0) is 6.61 Å². The van der Waals surface area contributed by atoms with Gasteiger partial charge in [0.1, 0.15) is 23.8 Å². The molecule has 8 heteroatoms. The fourth-order valence-electron chi connectivity index (χ4n) is 4.02. The third-order valence-electron chi connectivity index (χ3n) is 6.17. The second kappa shape index (κ2) is 13.5. The Labute approximate surface area is 244 Å². The third-order valence-corrected chi connectivity index (χ3v) is 6.42. The van der Waals surface area contributed by atoms with Gasteiger partial charge in [-0.05, 0) is 84.8 Å². The van der Waals surface area contributed by atoms with Crippen LogP contribution in [0.5, 0.6) is 11.5 Å². The van der Waals surface area contributed by atoms with Crippen molar-refractivity contribution in [3.8, 4) is 28.4 Å². The van der Waals surface area contributed by atoms with Gasteiger partial charge in [0.05, 0.1) is 18.5 Å². The molecule has 1 amide bonds. The van der Waals surface area contributed by atoms with E-state index in [0.29, 0.717) is 29.5 Å². The van der Waals surface area contributed by atoms with Crippen molar-refractivity contribution in [3.63, 3.8) is 0 Å². The number of aromatic nitrogens is 2. The van der Waals surface area contributed by atoms with Crippen molar-refractivity contribution in [2.45, 2.75) is 20.0 Å². The zero-order valence-corrected chi connectivity index (χ0v) is 23.3. The maximum absolute atomic E-state index is 12.7. The minimum Gasteiger partial charge on any atom is -0.494 e. The molecule has 0 aliphatic rings. The van der Waals surface area contributed by atoms with Gasteiger partial charge >= 0.3 is 0 Å². The average molecular weight is 565 g/mol. The largest absolute Gasteiger partial charge is 0.494 e. The summed E-state index contributed by atoms with van der Waals surface area (Å²) in [6, 6.07) is 32.0. The first-order valence-corrected chi connectivity index (χ1v) is 13.7. The van der Waals surface area contributed by atoms with Crippen molar-refractivity contribution < 1.29 is 14.3 Å². The van der Waals surface area contributed by atoms with E-state index in [1.807, 2.05) is 85.1 Å². The topological polar surface area (TPSA) is 77.7 Å². The van der Waals surface area contributed by atoms with Crippen LogP contribution >= 0.6 is 11.6 Å². The van der Waals surface area contributed by atoms with Gasteiger partial charge in [0, 0.05) is 27.9 Å². The fraction of sp³-hybridized carbons (Fsp3) is 0.121. The van der Waals surface area contributed by atoms with Crippen molar-refractivity contribution in [3.05, 3.63) is 131 Å². The molecule has 0 fully saturated rings. The van der Waals surface area contributed by atoms with E-state index >= 15 is 0 Å².